The molecule has 1 aromatic rings. The van der Waals surface area contributed by atoms with Gasteiger partial charge in [0.05, 0.1) is 13.7 Å². The average molecular weight is 436 g/mol. The smallest absolute Gasteiger partial charge is 0.411 e. The van der Waals surface area contributed by atoms with Gasteiger partial charge in [0.25, 0.3) is 0 Å². The Morgan fingerprint density at radius 2 is 1.91 bits per heavy atom. The lowest BCUT2D eigenvalue weighted by atomic mass is 10.2. The summed E-state index contributed by atoms with van der Waals surface area (Å²) in [7, 11) is 4.72. The Labute approximate surface area is 154 Å². The van der Waals surface area contributed by atoms with E-state index < -0.39 is 6.09 Å². The summed E-state index contributed by atoms with van der Waals surface area (Å²) in [6, 6.07) is 7.65. The van der Waals surface area contributed by atoms with Gasteiger partial charge in [0.15, 0.2) is 5.96 Å². The molecule has 23 heavy (non-hydrogen) atoms. The molecule has 8 heteroatoms. The molecule has 0 saturated carbocycles. The summed E-state index contributed by atoms with van der Waals surface area (Å²) in [4.78, 5) is 15.3. The first kappa shape index (κ1) is 21.4. The van der Waals surface area contributed by atoms with Crippen molar-refractivity contribution in [2.75, 3.05) is 33.2 Å². The van der Waals surface area contributed by atoms with Gasteiger partial charge in [-0.1, -0.05) is 12.1 Å². The van der Waals surface area contributed by atoms with E-state index in [1.807, 2.05) is 31.2 Å². The minimum atomic E-state index is -0.484. The number of ether oxygens (including phenoxy) is 2. The SMILES string of the molecule is CN=C(NCc1ccc(NC(=O)OC)cc1)NC(C)COC.I. The van der Waals surface area contributed by atoms with Crippen molar-refractivity contribution in [3.8, 4) is 0 Å². The van der Waals surface area contributed by atoms with Crippen molar-refractivity contribution in [1.82, 2.24) is 10.6 Å². The predicted octanol–water partition coefficient (Wildman–Crippen LogP) is 2.18. The predicted molar refractivity (Wildman–Crippen MR) is 103 cm³/mol. The van der Waals surface area contributed by atoms with Gasteiger partial charge in [-0.3, -0.25) is 10.3 Å². The summed E-state index contributed by atoms with van der Waals surface area (Å²) in [6.45, 7) is 3.25. The first-order chi connectivity index (χ1) is 10.6. The van der Waals surface area contributed by atoms with E-state index in [0.717, 1.165) is 5.56 Å². The molecule has 0 spiro atoms. The van der Waals surface area contributed by atoms with Crippen molar-refractivity contribution in [3.05, 3.63) is 29.8 Å². The number of guanidine groups is 1. The van der Waals surface area contributed by atoms with E-state index in [0.29, 0.717) is 24.8 Å². The lowest BCUT2D eigenvalue weighted by Crippen LogP contribution is -2.43. The zero-order chi connectivity index (χ0) is 16.4. The molecule has 0 aliphatic heterocycles. The van der Waals surface area contributed by atoms with Gasteiger partial charge in [-0.15, -0.1) is 24.0 Å². The number of carbonyl (C=O) groups is 1. The third-order valence-corrected chi connectivity index (χ3v) is 2.87. The van der Waals surface area contributed by atoms with Crippen molar-refractivity contribution in [3.63, 3.8) is 0 Å². The second-order valence-electron chi connectivity index (χ2n) is 4.74. The number of rotatable bonds is 6. The number of hydrogen-bond donors (Lipinski definition) is 3. The van der Waals surface area contributed by atoms with Gasteiger partial charge in [0.1, 0.15) is 0 Å². The van der Waals surface area contributed by atoms with Gasteiger partial charge in [0.2, 0.25) is 0 Å². The van der Waals surface area contributed by atoms with Crippen LogP contribution in [0, 0.1) is 0 Å². The first-order valence-corrected chi connectivity index (χ1v) is 6.99. The topological polar surface area (TPSA) is 84.0 Å². The van der Waals surface area contributed by atoms with Crippen LogP contribution >= 0.6 is 24.0 Å². The van der Waals surface area contributed by atoms with Crippen LogP contribution in [0.15, 0.2) is 29.3 Å². The fourth-order valence-corrected chi connectivity index (χ4v) is 1.78. The molecule has 7 nitrogen and oxygen atoms in total. The Hall–Kier alpha value is -1.55. The summed E-state index contributed by atoms with van der Waals surface area (Å²) in [5, 5.41) is 9.04. The number of carbonyl (C=O) groups excluding carboxylic acids is 1. The molecule has 130 valence electrons. The van der Waals surface area contributed by atoms with Crippen LogP contribution in [0.3, 0.4) is 0 Å². The molecular formula is C15H25IN4O3. The molecular weight excluding hydrogens is 411 g/mol. The molecule has 1 atom stereocenters. The number of hydrogen-bond acceptors (Lipinski definition) is 4. The third-order valence-electron chi connectivity index (χ3n) is 2.87. The number of nitrogens with zero attached hydrogens (tertiary/aromatic N) is 1. The molecule has 1 rings (SSSR count). The molecule has 1 aromatic carbocycles. The second kappa shape index (κ2) is 11.9. The Bertz CT molecular complexity index is 494. The fourth-order valence-electron chi connectivity index (χ4n) is 1.78. The van der Waals surface area contributed by atoms with Crippen molar-refractivity contribution in [1.29, 1.82) is 0 Å². The highest BCUT2D eigenvalue weighted by atomic mass is 127. The van der Waals surface area contributed by atoms with E-state index >= 15 is 0 Å². The number of amides is 1. The van der Waals surface area contributed by atoms with Gasteiger partial charge in [-0.05, 0) is 24.6 Å². The highest BCUT2D eigenvalue weighted by molar-refractivity contribution is 14.0. The van der Waals surface area contributed by atoms with E-state index in [1.54, 1.807) is 14.2 Å². The summed E-state index contributed by atoms with van der Waals surface area (Å²) >= 11 is 0. The molecule has 0 aliphatic rings. The van der Waals surface area contributed by atoms with Crippen molar-refractivity contribution in [2.45, 2.75) is 19.5 Å². The number of halogens is 1. The second-order valence-corrected chi connectivity index (χ2v) is 4.74. The Morgan fingerprint density at radius 1 is 1.26 bits per heavy atom. The van der Waals surface area contributed by atoms with E-state index in [2.05, 4.69) is 25.7 Å². The van der Waals surface area contributed by atoms with Crippen molar-refractivity contribution in [2.24, 2.45) is 4.99 Å². The van der Waals surface area contributed by atoms with E-state index in [-0.39, 0.29) is 30.0 Å². The quantitative estimate of drug-likeness (QED) is 0.362. The maximum atomic E-state index is 11.1. The molecule has 0 radical (unpaired) electrons. The van der Waals surface area contributed by atoms with Crippen LogP contribution in [0.25, 0.3) is 0 Å². The maximum absolute atomic E-state index is 11.1. The molecule has 0 heterocycles. The molecule has 0 aromatic heterocycles. The summed E-state index contributed by atoms with van der Waals surface area (Å²) in [6.07, 6.45) is -0.484. The van der Waals surface area contributed by atoms with Crippen LogP contribution in [0.5, 0.6) is 0 Å². The summed E-state index contributed by atoms with van der Waals surface area (Å²) in [5.74, 6) is 0.710. The van der Waals surface area contributed by atoms with Crippen LogP contribution < -0.4 is 16.0 Å². The van der Waals surface area contributed by atoms with Crippen molar-refractivity contribution >= 4 is 41.7 Å². The maximum Gasteiger partial charge on any atom is 0.411 e. The number of methoxy groups -OCH3 is 2. The summed E-state index contributed by atoms with van der Waals surface area (Å²) < 4.78 is 9.61. The molecule has 0 aliphatic carbocycles. The fraction of sp³-hybridized carbons (Fsp3) is 0.467. The van der Waals surface area contributed by atoms with E-state index in [9.17, 15) is 4.79 Å². The van der Waals surface area contributed by atoms with Gasteiger partial charge in [-0.2, -0.15) is 0 Å². The number of benzene rings is 1. The third kappa shape index (κ3) is 8.60. The van der Waals surface area contributed by atoms with E-state index in [4.69, 9.17) is 4.74 Å². The normalized spacial score (nSPS) is 11.9. The zero-order valence-electron chi connectivity index (χ0n) is 13.9. The van der Waals surface area contributed by atoms with Crippen LogP contribution in [0.4, 0.5) is 10.5 Å². The number of anilines is 1. The van der Waals surface area contributed by atoms with Crippen LogP contribution in [0.2, 0.25) is 0 Å². The zero-order valence-corrected chi connectivity index (χ0v) is 16.2. The van der Waals surface area contributed by atoms with Gasteiger partial charge in [0, 0.05) is 32.4 Å². The molecule has 0 saturated heterocycles. The molecule has 0 fully saturated rings. The minimum absolute atomic E-state index is 0. The van der Waals surface area contributed by atoms with E-state index in [1.165, 1.54) is 7.11 Å². The summed E-state index contributed by atoms with van der Waals surface area (Å²) in [5.41, 5.74) is 1.75. The van der Waals surface area contributed by atoms with Gasteiger partial charge < -0.3 is 20.1 Å². The molecule has 3 N–H and O–H groups in total. The highest BCUT2D eigenvalue weighted by Gasteiger charge is 2.05. The molecule has 0 bridgehead atoms. The highest BCUT2D eigenvalue weighted by Crippen LogP contribution is 2.09. The molecule has 1 unspecified atom stereocenters. The Morgan fingerprint density at radius 3 is 2.43 bits per heavy atom. The van der Waals surface area contributed by atoms with Crippen LogP contribution in [-0.4, -0.2) is 46.0 Å². The molecule has 1 amide bonds. The standard InChI is InChI=1S/C15H24N4O3.HI/c1-11(10-21-3)18-14(16-2)17-9-12-5-7-13(8-6-12)19-15(20)22-4;/h5-8,11H,9-10H2,1-4H3,(H,19,20)(H2,16,17,18);1H. The average Bonchev–Trinajstić information content (AvgIpc) is 2.52. The minimum Gasteiger partial charge on any atom is -0.453 e. The monoisotopic (exact) mass is 436 g/mol. The Balaban J connectivity index is 0.00000484. The van der Waals surface area contributed by atoms with Gasteiger partial charge >= 0.3 is 6.09 Å². The largest absolute Gasteiger partial charge is 0.453 e. The first-order valence-electron chi connectivity index (χ1n) is 6.99. The van der Waals surface area contributed by atoms with Gasteiger partial charge in [-0.25, -0.2) is 4.79 Å². The van der Waals surface area contributed by atoms with Crippen molar-refractivity contribution < 1.29 is 14.3 Å². The Kier molecular flexibility index (Phi) is 11.1. The van der Waals surface area contributed by atoms with Crippen LogP contribution in [-0.2, 0) is 16.0 Å². The lowest BCUT2D eigenvalue weighted by molar-refractivity contribution is 0.179. The van der Waals surface area contributed by atoms with Crippen LogP contribution in [0.1, 0.15) is 12.5 Å². The number of nitrogens with one attached hydrogen (secondary N) is 3. The number of aliphatic imine (C=N–C) groups is 1. The lowest BCUT2D eigenvalue weighted by Gasteiger charge is -2.17.